The molecule has 1 aromatic carbocycles. The van der Waals surface area contributed by atoms with E-state index in [1.54, 1.807) is 16.7 Å². The molecule has 0 bridgehead atoms. The number of phenols is 1. The second-order valence-corrected chi connectivity index (χ2v) is 15.2. The van der Waals surface area contributed by atoms with Crippen molar-refractivity contribution in [3.8, 4) is 5.75 Å². The van der Waals surface area contributed by atoms with Gasteiger partial charge in [-0.1, -0.05) is 42.7 Å². The maximum Gasteiger partial charge on any atom is 0.139 e. The molecule has 0 spiro atoms. The third-order valence-corrected chi connectivity index (χ3v) is 13.8. The largest absolute Gasteiger partial charge is 0.508 e. The summed E-state index contributed by atoms with van der Waals surface area (Å²) in [4.78, 5) is 24.8. The highest BCUT2D eigenvalue weighted by Gasteiger charge is 2.57. The van der Waals surface area contributed by atoms with E-state index in [-0.39, 0.29) is 10.8 Å². The van der Waals surface area contributed by atoms with Crippen molar-refractivity contribution in [3.63, 3.8) is 0 Å². The second kappa shape index (κ2) is 10.2. The summed E-state index contributed by atoms with van der Waals surface area (Å²) >= 11 is 0. The van der Waals surface area contributed by atoms with Gasteiger partial charge in [0.05, 0.1) is 0 Å². The van der Waals surface area contributed by atoms with Crippen LogP contribution in [0.15, 0.2) is 41.0 Å². The van der Waals surface area contributed by atoms with Crippen LogP contribution in [0.3, 0.4) is 0 Å². The first-order valence-corrected chi connectivity index (χ1v) is 17.0. The van der Waals surface area contributed by atoms with Crippen molar-refractivity contribution in [1.29, 1.82) is 0 Å². The zero-order valence-corrected chi connectivity index (χ0v) is 25.6. The number of hydrogen-bond donors (Lipinski definition) is 1. The van der Waals surface area contributed by atoms with Gasteiger partial charge in [0.15, 0.2) is 0 Å². The Morgan fingerprint density at radius 2 is 1.59 bits per heavy atom. The predicted octanol–water partition coefficient (Wildman–Crippen LogP) is 9.04. The van der Waals surface area contributed by atoms with Crippen LogP contribution in [-0.4, -0.2) is 16.7 Å². The number of aromatic hydroxyl groups is 1. The molecule has 0 saturated heterocycles. The van der Waals surface area contributed by atoms with Crippen LogP contribution in [0.2, 0.25) is 0 Å². The molecule has 41 heavy (non-hydrogen) atoms. The van der Waals surface area contributed by atoms with E-state index in [2.05, 4.69) is 32.9 Å². The summed E-state index contributed by atoms with van der Waals surface area (Å²) in [6.45, 7) is 6.76. The number of carbonyl (C=O) groups excluding carboxylic acids is 2. The minimum absolute atomic E-state index is 0.0322. The molecular weight excluding hydrogens is 504 g/mol. The smallest absolute Gasteiger partial charge is 0.139 e. The molecule has 0 radical (unpaired) electrons. The Balaban J connectivity index is 0.000000135. The lowest BCUT2D eigenvalue weighted by atomic mass is 9.53. The fourth-order valence-electron chi connectivity index (χ4n) is 11.6. The molecule has 7 aliphatic carbocycles. The number of ketones is 2. The maximum absolute atomic E-state index is 12.5. The number of aryl methyl sites for hydroxylation is 1. The van der Waals surface area contributed by atoms with Gasteiger partial charge in [0.25, 0.3) is 0 Å². The predicted molar refractivity (Wildman–Crippen MR) is 164 cm³/mol. The van der Waals surface area contributed by atoms with Crippen molar-refractivity contribution in [2.75, 3.05) is 0 Å². The summed E-state index contributed by atoms with van der Waals surface area (Å²) in [6.07, 6.45) is 19.5. The molecule has 4 saturated carbocycles. The van der Waals surface area contributed by atoms with E-state index in [1.807, 2.05) is 12.1 Å². The minimum atomic E-state index is -0.0322. The van der Waals surface area contributed by atoms with Gasteiger partial charge in [0.2, 0.25) is 0 Å². The lowest BCUT2D eigenvalue weighted by Crippen LogP contribution is -2.45. The van der Waals surface area contributed by atoms with Crippen LogP contribution >= 0.6 is 0 Å². The molecule has 0 aromatic heterocycles. The molecule has 8 rings (SSSR count). The highest BCUT2D eigenvalue weighted by Crippen LogP contribution is 2.62. The van der Waals surface area contributed by atoms with Crippen LogP contribution in [0, 0.1) is 40.4 Å². The van der Waals surface area contributed by atoms with Crippen molar-refractivity contribution in [2.45, 2.75) is 123 Å². The zero-order valence-electron chi connectivity index (χ0n) is 25.6. The molecule has 4 fully saturated rings. The number of allylic oxidation sites excluding steroid dienone is 4. The van der Waals surface area contributed by atoms with Crippen molar-refractivity contribution < 1.29 is 14.7 Å². The maximum atomic E-state index is 12.5. The highest BCUT2D eigenvalue weighted by molar-refractivity contribution is 5.88. The minimum Gasteiger partial charge on any atom is -0.508 e. The van der Waals surface area contributed by atoms with Crippen LogP contribution in [-0.2, 0) is 16.0 Å². The van der Waals surface area contributed by atoms with E-state index in [0.29, 0.717) is 41.0 Å². The summed E-state index contributed by atoms with van der Waals surface area (Å²) < 4.78 is 0. The SMILES string of the molecule is CC[C@]12CCC3C4=C(CC[C@H]3C1CCC2=O)CC(C)=CC4.C[C@]12CCC3c4ccc(O)cc4CC[C@H]3C1CCC2=O. The Kier molecular flexibility index (Phi) is 6.90. The van der Waals surface area contributed by atoms with Crippen LogP contribution in [0.1, 0.15) is 128 Å². The standard InChI is InChI=1S/C20H28O.C18H22O2/c1-3-20-11-10-16-15-6-4-13(2)12-14(15)5-7-17(16)18(20)8-9-19(20)21;1-18-9-8-14-13-5-3-12(19)10-11(13)2-4-15(14)16(18)6-7-17(18)20/h4,16-18H,3,5-12H2,1-2H3;3,5,10,14-16,19H,2,4,6-9H2,1H3/t16?,17-,18?,20+;14?,15-,16?,18+/m11/s1. The number of phenolic OH excluding ortho intramolecular Hbond substituents is 1. The zero-order chi connectivity index (χ0) is 28.5. The molecule has 0 amide bonds. The van der Waals surface area contributed by atoms with Gasteiger partial charge < -0.3 is 5.11 Å². The number of Topliss-reactive ketones (excluding diaryl/α,β-unsaturated/α-hetero) is 2. The topological polar surface area (TPSA) is 54.4 Å². The number of carbonyl (C=O) groups is 2. The Morgan fingerprint density at radius 1 is 0.854 bits per heavy atom. The molecule has 1 aromatic rings. The Bertz CT molecular complexity index is 1320. The molecule has 1 N–H and O–H groups in total. The van der Waals surface area contributed by atoms with Gasteiger partial charge in [-0.3, -0.25) is 9.59 Å². The van der Waals surface area contributed by atoms with Gasteiger partial charge in [0.1, 0.15) is 17.3 Å². The molecule has 0 aliphatic heterocycles. The molecular formula is C38H50O3. The third kappa shape index (κ3) is 4.26. The van der Waals surface area contributed by atoms with Gasteiger partial charge >= 0.3 is 0 Å². The quantitative estimate of drug-likeness (QED) is 0.352. The van der Waals surface area contributed by atoms with Crippen LogP contribution < -0.4 is 0 Å². The summed E-state index contributed by atoms with van der Waals surface area (Å²) in [5.74, 6) is 5.72. The van der Waals surface area contributed by atoms with Gasteiger partial charge in [-0.25, -0.2) is 0 Å². The van der Waals surface area contributed by atoms with Crippen LogP contribution in [0.5, 0.6) is 5.75 Å². The number of benzene rings is 1. The summed E-state index contributed by atoms with van der Waals surface area (Å²) in [7, 11) is 0. The van der Waals surface area contributed by atoms with E-state index in [1.165, 1.54) is 62.5 Å². The third-order valence-electron chi connectivity index (χ3n) is 13.8. The lowest BCUT2D eigenvalue weighted by molar-refractivity contribution is -0.131. The molecule has 4 unspecified atom stereocenters. The fourth-order valence-corrected chi connectivity index (χ4v) is 11.6. The van der Waals surface area contributed by atoms with Crippen LogP contribution in [0.4, 0.5) is 0 Å². The van der Waals surface area contributed by atoms with Crippen LogP contribution in [0.25, 0.3) is 0 Å². The first kappa shape index (κ1) is 27.7. The van der Waals surface area contributed by atoms with Crippen molar-refractivity contribution in [3.05, 3.63) is 52.1 Å². The van der Waals surface area contributed by atoms with E-state index < -0.39 is 0 Å². The average Bonchev–Trinajstić information content (AvgIpc) is 3.48. The molecule has 220 valence electrons. The Morgan fingerprint density at radius 3 is 2.41 bits per heavy atom. The average molecular weight is 555 g/mol. The van der Waals surface area contributed by atoms with Gasteiger partial charge in [-0.15, -0.1) is 0 Å². The molecule has 3 nitrogen and oxygen atoms in total. The van der Waals surface area contributed by atoms with Gasteiger partial charge in [0, 0.05) is 23.7 Å². The van der Waals surface area contributed by atoms with E-state index in [0.717, 1.165) is 56.8 Å². The number of fused-ring (bicyclic) bond motifs is 9. The van der Waals surface area contributed by atoms with Crippen molar-refractivity contribution in [1.82, 2.24) is 0 Å². The first-order chi connectivity index (χ1) is 19.7. The molecule has 3 heteroatoms. The normalized spacial score (nSPS) is 40.7. The monoisotopic (exact) mass is 554 g/mol. The molecule has 8 atom stereocenters. The molecule has 0 heterocycles. The van der Waals surface area contributed by atoms with E-state index in [9.17, 15) is 14.7 Å². The Labute approximate surface area is 247 Å². The number of hydrogen-bond acceptors (Lipinski definition) is 3. The van der Waals surface area contributed by atoms with Crippen molar-refractivity contribution in [2.24, 2.45) is 40.4 Å². The van der Waals surface area contributed by atoms with E-state index >= 15 is 0 Å². The van der Waals surface area contributed by atoms with Gasteiger partial charge in [-0.2, -0.15) is 0 Å². The second-order valence-electron chi connectivity index (χ2n) is 15.2. The lowest BCUT2D eigenvalue weighted by Gasteiger charge is -2.50. The highest BCUT2D eigenvalue weighted by atomic mass is 16.3. The van der Waals surface area contributed by atoms with Crippen molar-refractivity contribution >= 4 is 11.6 Å². The van der Waals surface area contributed by atoms with Gasteiger partial charge in [-0.05, 0) is 149 Å². The fraction of sp³-hybridized carbons (Fsp3) is 0.684. The summed E-state index contributed by atoms with van der Waals surface area (Å²) in [5.41, 5.74) is 7.96. The summed E-state index contributed by atoms with van der Waals surface area (Å²) in [6, 6.07) is 5.90. The first-order valence-electron chi connectivity index (χ1n) is 17.0. The number of rotatable bonds is 1. The molecule has 7 aliphatic rings. The van der Waals surface area contributed by atoms with E-state index in [4.69, 9.17) is 0 Å². The Hall–Kier alpha value is -2.16. The summed E-state index contributed by atoms with van der Waals surface area (Å²) in [5, 5.41) is 9.67.